The highest BCUT2D eigenvalue weighted by Crippen LogP contribution is 2.33. The van der Waals surface area contributed by atoms with E-state index in [1.807, 2.05) is 24.3 Å². The van der Waals surface area contributed by atoms with Gasteiger partial charge in [-0.3, -0.25) is 9.59 Å². The second kappa shape index (κ2) is 7.11. The van der Waals surface area contributed by atoms with Gasteiger partial charge in [0, 0.05) is 30.5 Å². The Hall–Kier alpha value is -1.59. The minimum absolute atomic E-state index is 0.0214. The summed E-state index contributed by atoms with van der Waals surface area (Å²) in [5.41, 5.74) is 0.997. The SMILES string of the molecule is C[C@H]1C[C@@H](C(=O)NC2CC(=O)N(C)C2c2ccc(Cl)cc2)CCN1. The van der Waals surface area contributed by atoms with Gasteiger partial charge in [0.15, 0.2) is 0 Å². The zero-order valence-corrected chi connectivity index (χ0v) is 14.8. The quantitative estimate of drug-likeness (QED) is 0.878. The van der Waals surface area contributed by atoms with Crippen molar-refractivity contribution in [2.45, 2.75) is 44.3 Å². The number of hydrogen-bond acceptors (Lipinski definition) is 3. The molecule has 0 aromatic heterocycles. The Bertz CT molecular complexity index is 619. The molecule has 2 amide bonds. The summed E-state index contributed by atoms with van der Waals surface area (Å²) in [6, 6.07) is 7.51. The van der Waals surface area contributed by atoms with E-state index in [0.717, 1.165) is 24.9 Å². The number of benzene rings is 1. The average Bonchev–Trinajstić information content (AvgIpc) is 2.83. The fourth-order valence-corrected chi connectivity index (χ4v) is 3.91. The van der Waals surface area contributed by atoms with E-state index in [-0.39, 0.29) is 29.8 Å². The van der Waals surface area contributed by atoms with Crippen LogP contribution in [0.3, 0.4) is 0 Å². The number of likely N-dealkylation sites (N-methyl/N-ethyl adjacent to an activating group) is 1. The van der Waals surface area contributed by atoms with Crippen molar-refractivity contribution < 1.29 is 9.59 Å². The lowest BCUT2D eigenvalue weighted by molar-refractivity contribution is -0.127. The van der Waals surface area contributed by atoms with Crippen molar-refractivity contribution in [1.82, 2.24) is 15.5 Å². The lowest BCUT2D eigenvalue weighted by Gasteiger charge is -2.30. The molecule has 3 rings (SSSR count). The highest BCUT2D eigenvalue weighted by Gasteiger charge is 2.40. The Labute approximate surface area is 147 Å². The number of nitrogens with zero attached hydrogens (tertiary/aromatic N) is 1. The van der Waals surface area contributed by atoms with Gasteiger partial charge in [-0.25, -0.2) is 0 Å². The first kappa shape index (κ1) is 17.2. The molecule has 2 heterocycles. The third-order valence-electron chi connectivity index (χ3n) is 5.12. The van der Waals surface area contributed by atoms with E-state index < -0.39 is 0 Å². The number of piperidine rings is 1. The number of likely N-dealkylation sites (tertiary alicyclic amines) is 1. The summed E-state index contributed by atoms with van der Waals surface area (Å²) < 4.78 is 0. The van der Waals surface area contributed by atoms with Crippen molar-refractivity contribution in [2.75, 3.05) is 13.6 Å². The van der Waals surface area contributed by atoms with Gasteiger partial charge in [-0.2, -0.15) is 0 Å². The summed E-state index contributed by atoms with van der Waals surface area (Å²) in [7, 11) is 1.79. The Morgan fingerprint density at radius 2 is 2.04 bits per heavy atom. The summed E-state index contributed by atoms with van der Waals surface area (Å²) in [6.07, 6.45) is 2.03. The highest BCUT2D eigenvalue weighted by molar-refractivity contribution is 6.30. The summed E-state index contributed by atoms with van der Waals surface area (Å²) >= 11 is 5.96. The van der Waals surface area contributed by atoms with E-state index >= 15 is 0 Å². The first-order chi connectivity index (χ1) is 11.5. The minimum Gasteiger partial charge on any atom is -0.350 e. The third-order valence-corrected chi connectivity index (χ3v) is 5.37. The van der Waals surface area contributed by atoms with Crippen LogP contribution in [0.4, 0.5) is 0 Å². The van der Waals surface area contributed by atoms with Gasteiger partial charge in [0.05, 0.1) is 12.1 Å². The van der Waals surface area contributed by atoms with Crippen LogP contribution in [-0.4, -0.2) is 42.4 Å². The van der Waals surface area contributed by atoms with Crippen molar-refractivity contribution in [1.29, 1.82) is 0 Å². The van der Waals surface area contributed by atoms with Crippen LogP contribution in [0.2, 0.25) is 5.02 Å². The molecule has 1 aromatic rings. The lowest BCUT2D eigenvalue weighted by atomic mass is 9.91. The first-order valence-corrected chi connectivity index (χ1v) is 8.88. The normalized spacial score (nSPS) is 30.5. The van der Waals surface area contributed by atoms with E-state index in [1.165, 1.54) is 0 Å². The summed E-state index contributed by atoms with van der Waals surface area (Å²) in [4.78, 5) is 26.6. The number of nitrogens with one attached hydrogen (secondary N) is 2. The van der Waals surface area contributed by atoms with Crippen LogP contribution in [0.15, 0.2) is 24.3 Å². The molecule has 0 spiro atoms. The number of carbonyl (C=O) groups is 2. The van der Waals surface area contributed by atoms with E-state index in [4.69, 9.17) is 11.6 Å². The van der Waals surface area contributed by atoms with Crippen LogP contribution in [0.5, 0.6) is 0 Å². The largest absolute Gasteiger partial charge is 0.350 e. The molecule has 24 heavy (non-hydrogen) atoms. The minimum atomic E-state index is -0.193. The maximum atomic E-state index is 12.7. The molecule has 6 heteroatoms. The topological polar surface area (TPSA) is 61.4 Å². The molecule has 2 fully saturated rings. The molecule has 5 nitrogen and oxygen atoms in total. The van der Waals surface area contributed by atoms with Gasteiger partial charge in [0.1, 0.15) is 0 Å². The molecule has 1 aromatic carbocycles. The monoisotopic (exact) mass is 349 g/mol. The number of rotatable bonds is 3. The molecule has 2 aliphatic rings. The van der Waals surface area contributed by atoms with Gasteiger partial charge in [-0.1, -0.05) is 23.7 Å². The molecule has 2 unspecified atom stereocenters. The second-order valence-electron chi connectivity index (χ2n) is 6.90. The predicted molar refractivity (Wildman–Crippen MR) is 93.7 cm³/mol. The zero-order chi connectivity index (χ0) is 17.3. The maximum absolute atomic E-state index is 12.7. The third kappa shape index (κ3) is 3.57. The Balaban J connectivity index is 1.74. The predicted octanol–water partition coefficient (Wildman–Crippen LogP) is 2.12. The molecule has 2 N–H and O–H groups in total. The number of amides is 2. The van der Waals surface area contributed by atoms with Gasteiger partial charge in [-0.05, 0) is 44.0 Å². The van der Waals surface area contributed by atoms with Crippen LogP contribution in [0, 0.1) is 5.92 Å². The molecule has 4 atom stereocenters. The number of carbonyl (C=O) groups excluding carboxylic acids is 2. The van der Waals surface area contributed by atoms with E-state index in [2.05, 4.69) is 17.6 Å². The van der Waals surface area contributed by atoms with Crippen LogP contribution >= 0.6 is 11.6 Å². The van der Waals surface area contributed by atoms with Crippen molar-refractivity contribution >= 4 is 23.4 Å². The lowest BCUT2D eigenvalue weighted by Crippen LogP contribution is -2.46. The Morgan fingerprint density at radius 1 is 1.33 bits per heavy atom. The van der Waals surface area contributed by atoms with Crippen LogP contribution in [0.1, 0.15) is 37.8 Å². The fourth-order valence-electron chi connectivity index (χ4n) is 3.79. The smallest absolute Gasteiger partial charge is 0.225 e. The van der Waals surface area contributed by atoms with Crippen molar-refractivity contribution in [3.8, 4) is 0 Å². The van der Waals surface area contributed by atoms with Gasteiger partial charge in [-0.15, -0.1) is 0 Å². The van der Waals surface area contributed by atoms with Gasteiger partial charge < -0.3 is 15.5 Å². The number of halogens is 1. The Morgan fingerprint density at radius 3 is 2.71 bits per heavy atom. The number of hydrogen-bond donors (Lipinski definition) is 2. The second-order valence-corrected chi connectivity index (χ2v) is 7.33. The standard InChI is InChI=1S/C18H24ClN3O2/c1-11-9-13(7-8-20-11)18(24)21-15-10-16(23)22(2)17(15)12-3-5-14(19)6-4-12/h3-6,11,13,15,17,20H,7-10H2,1-2H3,(H,21,24)/t11-,13-,15?,17?/m0/s1. The van der Waals surface area contributed by atoms with E-state index in [0.29, 0.717) is 17.5 Å². The van der Waals surface area contributed by atoms with Gasteiger partial charge >= 0.3 is 0 Å². The molecule has 0 bridgehead atoms. The van der Waals surface area contributed by atoms with Gasteiger partial charge in [0.25, 0.3) is 0 Å². The molecule has 2 aliphatic heterocycles. The summed E-state index contributed by atoms with van der Waals surface area (Å²) in [5.74, 6) is 0.141. The zero-order valence-electron chi connectivity index (χ0n) is 14.1. The molecule has 0 aliphatic carbocycles. The van der Waals surface area contributed by atoms with Crippen LogP contribution in [-0.2, 0) is 9.59 Å². The molecule has 0 radical (unpaired) electrons. The summed E-state index contributed by atoms with van der Waals surface area (Å²) in [6.45, 7) is 2.96. The van der Waals surface area contributed by atoms with Crippen molar-refractivity contribution in [2.24, 2.45) is 5.92 Å². The fraction of sp³-hybridized carbons (Fsp3) is 0.556. The van der Waals surface area contributed by atoms with Gasteiger partial charge in [0.2, 0.25) is 11.8 Å². The maximum Gasteiger partial charge on any atom is 0.225 e. The van der Waals surface area contributed by atoms with E-state index in [1.54, 1.807) is 11.9 Å². The summed E-state index contributed by atoms with van der Waals surface area (Å²) in [5, 5.41) is 7.15. The molecular formula is C18H24ClN3O2. The molecule has 130 valence electrons. The highest BCUT2D eigenvalue weighted by atomic mass is 35.5. The van der Waals surface area contributed by atoms with Crippen molar-refractivity contribution in [3.63, 3.8) is 0 Å². The van der Waals surface area contributed by atoms with Crippen LogP contribution in [0.25, 0.3) is 0 Å². The first-order valence-electron chi connectivity index (χ1n) is 8.50. The average molecular weight is 350 g/mol. The molecular weight excluding hydrogens is 326 g/mol. The van der Waals surface area contributed by atoms with Crippen LogP contribution < -0.4 is 10.6 Å². The van der Waals surface area contributed by atoms with E-state index in [9.17, 15) is 9.59 Å². The molecule has 2 saturated heterocycles. The molecule has 0 saturated carbocycles. The Kier molecular flexibility index (Phi) is 5.11. The van der Waals surface area contributed by atoms with Crippen molar-refractivity contribution in [3.05, 3.63) is 34.9 Å².